The van der Waals surface area contributed by atoms with Gasteiger partial charge in [-0.3, -0.25) is 5.10 Å². The average molecular weight is 500 g/mol. The van der Waals surface area contributed by atoms with Crippen LogP contribution in [-0.2, 0) is 11.2 Å². The van der Waals surface area contributed by atoms with Crippen LogP contribution in [0.2, 0.25) is 0 Å². The van der Waals surface area contributed by atoms with E-state index in [0.717, 1.165) is 28.8 Å². The van der Waals surface area contributed by atoms with Gasteiger partial charge in [-0.25, -0.2) is 4.79 Å². The zero-order chi connectivity index (χ0) is 25.9. The number of amides is 1. The average Bonchev–Trinajstić information content (AvgIpc) is 3.32. The predicted octanol–water partition coefficient (Wildman–Crippen LogP) is 4.32. The first-order valence-corrected chi connectivity index (χ1v) is 12.3. The second-order valence-electron chi connectivity index (χ2n) is 9.57. The van der Waals surface area contributed by atoms with Crippen molar-refractivity contribution < 1.29 is 19.0 Å². The molecule has 3 heterocycles. The molecule has 2 aliphatic heterocycles. The number of H-pyrrole nitrogens is 1. The van der Waals surface area contributed by atoms with Gasteiger partial charge in [-0.05, 0) is 35.6 Å². The minimum absolute atomic E-state index is 0.0214. The molecule has 0 saturated carbocycles. The molecule has 2 aromatic carbocycles. The molecule has 1 aromatic heterocycles. The van der Waals surface area contributed by atoms with Crippen LogP contribution in [0.3, 0.4) is 0 Å². The molecule has 9 nitrogen and oxygen atoms in total. The van der Waals surface area contributed by atoms with E-state index in [-0.39, 0.29) is 5.88 Å². The number of aromatic nitrogens is 2. The van der Waals surface area contributed by atoms with Gasteiger partial charge < -0.3 is 24.8 Å². The topological polar surface area (TPSA) is 126 Å². The Labute approximate surface area is 215 Å². The maximum Gasteiger partial charge on any atom is 0.415 e. The van der Waals surface area contributed by atoms with E-state index >= 15 is 0 Å². The van der Waals surface area contributed by atoms with E-state index in [1.54, 1.807) is 17.0 Å². The number of allylic oxidation sites excluding steroid dienone is 1. The van der Waals surface area contributed by atoms with Crippen LogP contribution < -0.4 is 15.2 Å². The number of nitrogens with zero attached hydrogens (tertiary/aromatic N) is 3. The molecule has 0 spiro atoms. The number of hydrogen-bond acceptors (Lipinski definition) is 7. The van der Waals surface area contributed by atoms with E-state index in [1.807, 2.05) is 24.3 Å². The van der Waals surface area contributed by atoms with E-state index in [2.05, 4.69) is 42.2 Å². The first-order valence-electron chi connectivity index (χ1n) is 12.3. The molecule has 1 amide bonds. The Balaban J connectivity index is 1.45. The van der Waals surface area contributed by atoms with Gasteiger partial charge in [0.05, 0.1) is 30.4 Å². The summed E-state index contributed by atoms with van der Waals surface area (Å²) in [5.41, 5.74) is 10.9. The Bertz CT molecular complexity index is 1350. The number of ether oxygens (including phenoxy) is 3. The third-order valence-corrected chi connectivity index (χ3v) is 6.51. The number of fused-ring (bicyclic) bond motifs is 1. The van der Waals surface area contributed by atoms with Crippen molar-refractivity contribution in [3.63, 3.8) is 0 Å². The number of hydrogen-bond donors (Lipinski definition) is 2. The van der Waals surface area contributed by atoms with Gasteiger partial charge in [-0.1, -0.05) is 50.2 Å². The number of morpholine rings is 1. The minimum Gasteiger partial charge on any atom is -0.420 e. The minimum atomic E-state index is -0.498. The van der Waals surface area contributed by atoms with Crippen molar-refractivity contribution in [3.8, 4) is 29.0 Å². The summed E-state index contributed by atoms with van der Waals surface area (Å²) in [6, 6.07) is 17.6. The van der Waals surface area contributed by atoms with Crippen LogP contribution in [-0.4, -0.2) is 47.5 Å². The lowest BCUT2D eigenvalue weighted by atomic mass is 9.83. The van der Waals surface area contributed by atoms with E-state index in [0.29, 0.717) is 49.4 Å². The van der Waals surface area contributed by atoms with E-state index in [1.165, 1.54) is 5.56 Å². The fraction of sp³-hybridized carbons (Fsp3) is 0.321. The Morgan fingerprint density at radius 2 is 1.89 bits per heavy atom. The predicted molar refractivity (Wildman–Crippen MR) is 137 cm³/mol. The van der Waals surface area contributed by atoms with Gasteiger partial charge >= 0.3 is 6.09 Å². The highest BCUT2D eigenvalue weighted by Gasteiger charge is 2.35. The summed E-state index contributed by atoms with van der Waals surface area (Å²) in [4.78, 5) is 14.1. The molecule has 2 aliphatic rings. The maximum absolute atomic E-state index is 12.5. The fourth-order valence-electron chi connectivity index (χ4n) is 4.72. The lowest BCUT2D eigenvalue weighted by molar-refractivity contribution is 0.0416. The monoisotopic (exact) mass is 499 g/mol. The number of nitriles is 1. The van der Waals surface area contributed by atoms with Gasteiger partial charge in [0.15, 0.2) is 0 Å². The number of nitrogens with two attached hydrogens (primary N) is 1. The second kappa shape index (κ2) is 10.4. The molecular formula is C28H29N5O4. The van der Waals surface area contributed by atoms with Gasteiger partial charge in [0, 0.05) is 18.7 Å². The highest BCUT2D eigenvalue weighted by Crippen LogP contribution is 2.45. The number of aromatic amines is 1. The molecular weight excluding hydrogens is 470 g/mol. The van der Waals surface area contributed by atoms with Gasteiger partial charge in [-0.15, -0.1) is 5.10 Å². The lowest BCUT2D eigenvalue weighted by Gasteiger charge is -2.26. The van der Waals surface area contributed by atoms with Crippen molar-refractivity contribution in [2.75, 3.05) is 26.3 Å². The van der Waals surface area contributed by atoms with E-state index in [4.69, 9.17) is 19.9 Å². The van der Waals surface area contributed by atoms with Crippen molar-refractivity contribution in [3.05, 3.63) is 76.7 Å². The molecule has 3 aromatic rings. The molecule has 190 valence electrons. The maximum atomic E-state index is 12.5. The summed E-state index contributed by atoms with van der Waals surface area (Å²) in [5, 5.41) is 17.4. The normalized spacial score (nSPS) is 17.2. The summed E-state index contributed by atoms with van der Waals surface area (Å²) in [7, 11) is 0. The van der Waals surface area contributed by atoms with Crippen molar-refractivity contribution in [1.29, 1.82) is 5.26 Å². The SMILES string of the molecule is CC(C)Cc1ccc(-c2[nH]nc3c2[C@@H](c2ccc(OC(=O)N4CCOCC4)cc2)C(C#N)=C(N)O3)cc1. The highest BCUT2D eigenvalue weighted by molar-refractivity contribution is 5.72. The summed E-state index contributed by atoms with van der Waals surface area (Å²) in [6.45, 7) is 6.38. The highest BCUT2D eigenvalue weighted by atomic mass is 16.6. The smallest absolute Gasteiger partial charge is 0.415 e. The fourth-order valence-corrected chi connectivity index (χ4v) is 4.72. The zero-order valence-electron chi connectivity index (χ0n) is 20.9. The number of nitrogens with one attached hydrogen (secondary N) is 1. The van der Waals surface area contributed by atoms with Crippen molar-refractivity contribution in [1.82, 2.24) is 15.1 Å². The Kier molecular flexibility index (Phi) is 6.84. The molecule has 1 atom stereocenters. The Hall–Kier alpha value is -4.29. The zero-order valence-corrected chi connectivity index (χ0v) is 20.9. The first kappa shape index (κ1) is 24.4. The summed E-state index contributed by atoms with van der Waals surface area (Å²) in [6.07, 6.45) is 0.581. The Morgan fingerprint density at radius 3 is 2.54 bits per heavy atom. The largest absolute Gasteiger partial charge is 0.420 e. The second-order valence-corrected chi connectivity index (χ2v) is 9.57. The molecule has 0 aliphatic carbocycles. The first-order chi connectivity index (χ1) is 17.9. The summed E-state index contributed by atoms with van der Waals surface area (Å²) in [5.74, 6) is 0.836. The number of carbonyl (C=O) groups is 1. The standard InChI is InChI=1S/C28H29N5O4/c1-17(2)15-18-3-5-20(6-4-18)25-24-23(22(16-29)26(30)37-27(24)32-31-25)19-7-9-21(10-8-19)36-28(34)33-11-13-35-14-12-33/h3-10,17,23H,11-15,30H2,1-2H3,(H,31,32)/t23-/m0/s1. The Morgan fingerprint density at radius 1 is 1.19 bits per heavy atom. The molecule has 3 N–H and O–H groups in total. The molecule has 9 heteroatoms. The van der Waals surface area contributed by atoms with Gasteiger partial charge in [0.25, 0.3) is 0 Å². The van der Waals surface area contributed by atoms with Crippen LogP contribution in [0.5, 0.6) is 11.6 Å². The van der Waals surface area contributed by atoms with Crippen LogP contribution in [0.25, 0.3) is 11.3 Å². The molecule has 37 heavy (non-hydrogen) atoms. The molecule has 0 unspecified atom stereocenters. The lowest BCUT2D eigenvalue weighted by Crippen LogP contribution is -2.42. The third kappa shape index (κ3) is 5.01. The van der Waals surface area contributed by atoms with Crippen molar-refractivity contribution in [2.45, 2.75) is 26.2 Å². The summed E-state index contributed by atoms with van der Waals surface area (Å²) >= 11 is 0. The van der Waals surface area contributed by atoms with Crippen LogP contribution in [0.1, 0.15) is 36.5 Å². The molecule has 1 fully saturated rings. The van der Waals surface area contributed by atoms with E-state index in [9.17, 15) is 10.1 Å². The van der Waals surface area contributed by atoms with Crippen LogP contribution in [0.4, 0.5) is 4.79 Å². The molecule has 0 radical (unpaired) electrons. The number of rotatable bonds is 5. The van der Waals surface area contributed by atoms with Crippen LogP contribution in [0, 0.1) is 17.2 Å². The molecule has 5 rings (SSSR count). The third-order valence-electron chi connectivity index (χ3n) is 6.51. The number of benzene rings is 2. The van der Waals surface area contributed by atoms with E-state index < -0.39 is 12.0 Å². The summed E-state index contributed by atoms with van der Waals surface area (Å²) < 4.78 is 16.5. The molecule has 1 saturated heterocycles. The van der Waals surface area contributed by atoms with Crippen LogP contribution >= 0.6 is 0 Å². The van der Waals surface area contributed by atoms with Gasteiger partial charge in [0.1, 0.15) is 17.4 Å². The van der Waals surface area contributed by atoms with Gasteiger partial charge in [0.2, 0.25) is 11.8 Å². The quantitative estimate of drug-likeness (QED) is 0.535. The van der Waals surface area contributed by atoms with Crippen LogP contribution in [0.15, 0.2) is 60.0 Å². The van der Waals surface area contributed by atoms with Crippen molar-refractivity contribution in [2.24, 2.45) is 11.7 Å². The number of carbonyl (C=O) groups excluding carboxylic acids is 1. The van der Waals surface area contributed by atoms with Gasteiger partial charge in [-0.2, -0.15) is 5.26 Å². The van der Waals surface area contributed by atoms with Crippen molar-refractivity contribution >= 4 is 6.09 Å². The molecule has 0 bridgehead atoms.